The van der Waals surface area contributed by atoms with Gasteiger partial charge in [-0.05, 0) is 49.6 Å². The average Bonchev–Trinajstić information content (AvgIpc) is 3.30. The van der Waals surface area contributed by atoms with Crippen LogP contribution in [0, 0.1) is 0 Å². The van der Waals surface area contributed by atoms with Gasteiger partial charge in [0.15, 0.2) is 16.3 Å². The Morgan fingerprint density at radius 3 is 2.44 bits per heavy atom. The van der Waals surface area contributed by atoms with Crippen LogP contribution in [0.15, 0.2) is 101 Å². The fourth-order valence-electron chi connectivity index (χ4n) is 4.89. The maximum Gasteiger partial charge on any atom is 0.338 e. The van der Waals surface area contributed by atoms with Crippen LogP contribution < -0.4 is 19.6 Å². The van der Waals surface area contributed by atoms with Crippen molar-refractivity contribution in [1.82, 2.24) is 4.57 Å². The Morgan fingerprint density at radius 1 is 1.07 bits per heavy atom. The van der Waals surface area contributed by atoms with Crippen LogP contribution in [0.4, 0.5) is 0 Å². The first-order valence-electron chi connectivity index (χ1n) is 13.4. The van der Waals surface area contributed by atoms with E-state index >= 15 is 0 Å². The molecule has 1 aliphatic heterocycles. The Kier molecular flexibility index (Phi) is 8.31. The van der Waals surface area contributed by atoms with Crippen LogP contribution in [0.5, 0.6) is 11.5 Å². The largest absolute Gasteiger partial charge is 0.504 e. The van der Waals surface area contributed by atoms with Gasteiger partial charge in [-0.2, -0.15) is 0 Å². The van der Waals surface area contributed by atoms with Crippen molar-refractivity contribution in [2.45, 2.75) is 26.3 Å². The number of ether oxygens (including phenoxy) is 2. The quantitative estimate of drug-likeness (QED) is 0.233. The van der Waals surface area contributed by atoms with Crippen molar-refractivity contribution < 1.29 is 19.4 Å². The van der Waals surface area contributed by atoms with Crippen LogP contribution in [0.25, 0.3) is 11.8 Å². The number of carbonyl (C=O) groups is 1. The monoisotopic (exact) mass is 566 g/mol. The van der Waals surface area contributed by atoms with Gasteiger partial charge in [-0.25, -0.2) is 9.79 Å². The smallest absolute Gasteiger partial charge is 0.338 e. The first kappa shape index (κ1) is 27.9. The van der Waals surface area contributed by atoms with E-state index in [1.54, 1.807) is 29.7 Å². The Balaban J connectivity index is 1.79. The molecule has 208 valence electrons. The zero-order chi connectivity index (χ0) is 28.9. The number of carbonyl (C=O) groups excluding carboxylic acids is 1. The molecule has 0 bridgehead atoms. The lowest BCUT2D eigenvalue weighted by atomic mass is 9.93. The molecule has 1 aliphatic rings. The lowest BCUT2D eigenvalue weighted by Gasteiger charge is -2.25. The molecule has 0 fully saturated rings. The number of aromatic nitrogens is 1. The average molecular weight is 567 g/mol. The first-order valence-corrected chi connectivity index (χ1v) is 14.2. The van der Waals surface area contributed by atoms with Gasteiger partial charge in [-0.3, -0.25) is 9.36 Å². The number of aromatic hydroxyl groups is 1. The fraction of sp³-hybridized carbons (Fsp3) is 0.182. The van der Waals surface area contributed by atoms with Gasteiger partial charge < -0.3 is 14.6 Å². The van der Waals surface area contributed by atoms with Gasteiger partial charge in [0.2, 0.25) is 0 Å². The lowest BCUT2D eigenvalue weighted by Crippen LogP contribution is -2.40. The maximum absolute atomic E-state index is 14.1. The molecule has 0 aliphatic carbocycles. The second kappa shape index (κ2) is 12.2. The van der Waals surface area contributed by atoms with Gasteiger partial charge in [0.05, 0.1) is 35.1 Å². The number of fused-ring (bicyclic) bond motifs is 1. The molecule has 0 unspecified atom stereocenters. The van der Waals surface area contributed by atoms with E-state index in [0.717, 1.165) is 11.1 Å². The van der Waals surface area contributed by atoms with Gasteiger partial charge >= 0.3 is 5.97 Å². The van der Waals surface area contributed by atoms with E-state index in [1.165, 1.54) is 11.3 Å². The SMILES string of the molecule is C=CCc1cc(/C=c2/sc3n(c2=O)[C@@H](c2ccccc2)C(C(=O)OCC)=C(c2ccccc2)N=3)cc(OCC)c1O. The number of phenols is 1. The second-order valence-corrected chi connectivity index (χ2v) is 10.3. The molecule has 41 heavy (non-hydrogen) atoms. The van der Waals surface area contributed by atoms with Crippen LogP contribution in [0.1, 0.15) is 42.1 Å². The van der Waals surface area contributed by atoms with Gasteiger partial charge in [-0.15, -0.1) is 6.58 Å². The minimum Gasteiger partial charge on any atom is -0.504 e. The van der Waals surface area contributed by atoms with Crippen molar-refractivity contribution in [3.05, 3.63) is 133 Å². The molecule has 5 rings (SSSR count). The first-order chi connectivity index (χ1) is 20.0. The molecule has 0 amide bonds. The summed E-state index contributed by atoms with van der Waals surface area (Å²) < 4.78 is 13.2. The van der Waals surface area contributed by atoms with E-state index in [-0.39, 0.29) is 17.9 Å². The summed E-state index contributed by atoms with van der Waals surface area (Å²) in [5.41, 5.74) is 3.35. The van der Waals surface area contributed by atoms with Crippen molar-refractivity contribution >= 4 is 29.1 Å². The molecule has 1 aromatic heterocycles. The number of thiazole rings is 1. The Morgan fingerprint density at radius 2 is 1.78 bits per heavy atom. The molecule has 0 saturated heterocycles. The summed E-state index contributed by atoms with van der Waals surface area (Å²) in [4.78, 5) is 32.9. The Hall–Kier alpha value is -4.69. The number of rotatable bonds is 9. The molecular weight excluding hydrogens is 536 g/mol. The van der Waals surface area contributed by atoms with Gasteiger partial charge in [0.1, 0.15) is 0 Å². The number of esters is 1. The predicted octanol–water partition coefficient (Wildman–Crippen LogP) is 4.77. The molecular formula is C33H30N2O5S. The number of allylic oxidation sites excluding steroid dienone is 1. The van der Waals surface area contributed by atoms with Crippen LogP contribution >= 0.6 is 11.3 Å². The third kappa shape index (κ3) is 5.51. The number of phenolic OH excluding ortho intramolecular Hbond substituents is 1. The van der Waals surface area contributed by atoms with E-state index in [0.29, 0.717) is 50.5 Å². The summed E-state index contributed by atoms with van der Waals surface area (Å²) in [6, 6.07) is 21.7. The molecule has 4 aromatic rings. The third-order valence-electron chi connectivity index (χ3n) is 6.63. The van der Waals surface area contributed by atoms with E-state index in [1.807, 2.05) is 73.7 Å². The summed E-state index contributed by atoms with van der Waals surface area (Å²) in [6.07, 6.45) is 3.90. The van der Waals surface area contributed by atoms with Gasteiger partial charge in [-0.1, -0.05) is 78.1 Å². The minimum atomic E-state index is -0.737. The van der Waals surface area contributed by atoms with Crippen LogP contribution in [0.3, 0.4) is 0 Å². The summed E-state index contributed by atoms with van der Waals surface area (Å²) in [5, 5.41) is 10.6. The van der Waals surface area contributed by atoms with E-state index in [2.05, 4.69) is 6.58 Å². The lowest BCUT2D eigenvalue weighted by molar-refractivity contribution is -0.138. The zero-order valence-corrected chi connectivity index (χ0v) is 23.7. The van der Waals surface area contributed by atoms with Crippen molar-refractivity contribution in [2.24, 2.45) is 4.99 Å². The highest BCUT2D eigenvalue weighted by Gasteiger charge is 2.35. The number of nitrogens with zero attached hydrogens (tertiary/aromatic N) is 2. The molecule has 0 spiro atoms. The maximum atomic E-state index is 14.1. The second-order valence-electron chi connectivity index (χ2n) is 9.29. The topological polar surface area (TPSA) is 90.1 Å². The highest BCUT2D eigenvalue weighted by Crippen LogP contribution is 2.35. The van der Waals surface area contributed by atoms with E-state index < -0.39 is 12.0 Å². The fourth-order valence-corrected chi connectivity index (χ4v) is 5.89. The molecule has 3 aromatic carbocycles. The number of hydrogen-bond donors (Lipinski definition) is 1. The molecule has 8 heteroatoms. The zero-order valence-electron chi connectivity index (χ0n) is 22.9. The predicted molar refractivity (Wildman–Crippen MR) is 161 cm³/mol. The van der Waals surface area contributed by atoms with Crippen molar-refractivity contribution in [3.63, 3.8) is 0 Å². The third-order valence-corrected chi connectivity index (χ3v) is 7.61. The molecule has 0 saturated carbocycles. The molecule has 2 heterocycles. The molecule has 0 radical (unpaired) electrons. The normalized spacial score (nSPS) is 14.8. The highest BCUT2D eigenvalue weighted by atomic mass is 32.1. The summed E-state index contributed by atoms with van der Waals surface area (Å²) in [6.45, 7) is 7.94. The van der Waals surface area contributed by atoms with Crippen LogP contribution in [0.2, 0.25) is 0 Å². The molecule has 7 nitrogen and oxygen atoms in total. The highest BCUT2D eigenvalue weighted by molar-refractivity contribution is 7.07. The van der Waals surface area contributed by atoms with Crippen LogP contribution in [-0.4, -0.2) is 28.9 Å². The van der Waals surface area contributed by atoms with Crippen molar-refractivity contribution in [1.29, 1.82) is 0 Å². The summed E-state index contributed by atoms with van der Waals surface area (Å²) in [5.74, 6) is -0.128. The minimum absolute atomic E-state index is 0.0565. The Labute approximate surface area is 241 Å². The Bertz CT molecular complexity index is 1800. The summed E-state index contributed by atoms with van der Waals surface area (Å²) in [7, 11) is 0. The van der Waals surface area contributed by atoms with Gasteiger partial charge in [0.25, 0.3) is 5.56 Å². The summed E-state index contributed by atoms with van der Waals surface area (Å²) >= 11 is 1.24. The standard InChI is InChI=1S/C33H30N2O5S/c1-4-13-24-18-21(19-25(30(24)36)39-5-2)20-26-31(37)35-29(23-16-11-8-12-17-23)27(32(38)40-6-3)28(34-33(35)41-26)22-14-9-7-10-15-22/h4,7-12,14-20,29,36H,1,5-6,13H2,2-3H3/b26-20+/t29-/m0/s1. The van der Waals surface area contributed by atoms with Crippen molar-refractivity contribution in [2.75, 3.05) is 13.2 Å². The number of benzene rings is 3. The molecule has 1 atom stereocenters. The van der Waals surface area contributed by atoms with E-state index in [4.69, 9.17) is 14.5 Å². The molecule has 1 N–H and O–H groups in total. The van der Waals surface area contributed by atoms with Crippen LogP contribution in [-0.2, 0) is 16.0 Å². The van der Waals surface area contributed by atoms with Crippen molar-refractivity contribution in [3.8, 4) is 11.5 Å². The van der Waals surface area contributed by atoms with E-state index in [9.17, 15) is 14.7 Å². The number of hydrogen-bond acceptors (Lipinski definition) is 7. The van der Waals surface area contributed by atoms with Gasteiger partial charge in [0, 0.05) is 11.1 Å².